The predicted octanol–water partition coefficient (Wildman–Crippen LogP) is 3.14. The molecule has 1 aromatic heterocycles. The maximum Gasteiger partial charge on any atom is 0.140 e. The van der Waals surface area contributed by atoms with Crippen LogP contribution in [-0.4, -0.2) is 15.6 Å². The van der Waals surface area contributed by atoms with E-state index in [2.05, 4.69) is 12.0 Å². The predicted molar refractivity (Wildman–Crippen MR) is 72.3 cm³/mol. The summed E-state index contributed by atoms with van der Waals surface area (Å²) in [6.07, 6.45) is 11.6. The smallest absolute Gasteiger partial charge is 0.140 e. The second-order valence-corrected chi connectivity index (χ2v) is 5.67. The molecule has 0 amide bonds. The number of aryl methyl sites for hydroxylation is 1. The Labute approximate surface area is 110 Å². The molecule has 0 radical (unpaired) electrons. The topological polar surface area (TPSA) is 34.9 Å². The van der Waals surface area contributed by atoms with Gasteiger partial charge in [0.1, 0.15) is 5.78 Å². The lowest BCUT2D eigenvalue weighted by atomic mass is 9.77. The van der Waals surface area contributed by atoms with Crippen molar-refractivity contribution < 1.29 is 4.79 Å². The minimum atomic E-state index is 0.304. The average Bonchev–Trinajstić information content (AvgIpc) is 2.76. The third kappa shape index (κ3) is 3.44. The summed E-state index contributed by atoms with van der Waals surface area (Å²) < 4.78 is 1.76. The van der Waals surface area contributed by atoms with Crippen molar-refractivity contribution in [2.24, 2.45) is 18.9 Å². The van der Waals surface area contributed by atoms with Crippen molar-refractivity contribution in [1.82, 2.24) is 9.78 Å². The van der Waals surface area contributed by atoms with Crippen LogP contribution in [0.3, 0.4) is 0 Å². The van der Waals surface area contributed by atoms with E-state index in [4.69, 9.17) is 0 Å². The molecule has 100 valence electrons. The van der Waals surface area contributed by atoms with Gasteiger partial charge in [-0.3, -0.25) is 9.48 Å². The summed E-state index contributed by atoms with van der Waals surface area (Å²) in [5, 5.41) is 4.12. The molecular weight excluding hydrogens is 224 g/mol. The van der Waals surface area contributed by atoms with Crippen LogP contribution < -0.4 is 0 Å². The molecule has 0 saturated heterocycles. The molecule has 0 unspecified atom stereocenters. The first kappa shape index (κ1) is 13.3. The molecule has 1 aliphatic rings. The fourth-order valence-electron chi connectivity index (χ4n) is 3.09. The van der Waals surface area contributed by atoms with Crippen molar-refractivity contribution >= 4 is 5.78 Å². The minimum absolute atomic E-state index is 0.304. The van der Waals surface area contributed by atoms with E-state index in [1.54, 1.807) is 10.9 Å². The summed E-state index contributed by atoms with van der Waals surface area (Å²) in [4.78, 5) is 12.2. The summed E-state index contributed by atoms with van der Waals surface area (Å²) >= 11 is 0. The minimum Gasteiger partial charge on any atom is -0.299 e. The highest BCUT2D eigenvalue weighted by Crippen LogP contribution is 2.32. The van der Waals surface area contributed by atoms with Crippen LogP contribution in [0.1, 0.15) is 51.0 Å². The first-order valence-corrected chi connectivity index (χ1v) is 7.19. The second-order valence-electron chi connectivity index (χ2n) is 5.67. The fourth-order valence-corrected chi connectivity index (χ4v) is 3.09. The Kier molecular flexibility index (Phi) is 4.56. The second kappa shape index (κ2) is 6.17. The third-order valence-corrected chi connectivity index (χ3v) is 4.14. The van der Waals surface area contributed by atoms with Crippen molar-refractivity contribution in [3.8, 4) is 0 Å². The number of rotatable bonds is 5. The molecule has 2 rings (SSSR count). The van der Waals surface area contributed by atoms with Crippen molar-refractivity contribution in [1.29, 1.82) is 0 Å². The van der Waals surface area contributed by atoms with Gasteiger partial charge in [-0.1, -0.05) is 19.8 Å². The largest absolute Gasteiger partial charge is 0.299 e. The first-order valence-electron chi connectivity index (χ1n) is 7.19. The molecule has 3 nitrogen and oxygen atoms in total. The summed E-state index contributed by atoms with van der Waals surface area (Å²) in [5.74, 6) is 1.59. The van der Waals surface area contributed by atoms with Gasteiger partial charge in [0.15, 0.2) is 0 Å². The van der Waals surface area contributed by atoms with E-state index in [0.717, 1.165) is 24.3 Å². The normalized spacial score (nSPS) is 24.1. The molecule has 0 N–H and O–H groups in total. The number of carbonyl (C=O) groups is 1. The highest BCUT2D eigenvalue weighted by Gasteiger charge is 2.25. The summed E-state index contributed by atoms with van der Waals surface area (Å²) in [6.45, 7) is 2.25. The van der Waals surface area contributed by atoms with Gasteiger partial charge in [0, 0.05) is 25.6 Å². The molecule has 1 fully saturated rings. The Hall–Kier alpha value is -1.12. The highest BCUT2D eigenvalue weighted by molar-refractivity contribution is 5.83. The van der Waals surface area contributed by atoms with E-state index in [9.17, 15) is 4.79 Å². The zero-order chi connectivity index (χ0) is 13.0. The number of nitrogens with zero attached hydrogens (tertiary/aromatic N) is 2. The van der Waals surface area contributed by atoms with Crippen LogP contribution >= 0.6 is 0 Å². The van der Waals surface area contributed by atoms with E-state index in [-0.39, 0.29) is 0 Å². The average molecular weight is 248 g/mol. The number of aromatic nitrogens is 2. The van der Waals surface area contributed by atoms with Crippen LogP contribution in [0.15, 0.2) is 12.4 Å². The van der Waals surface area contributed by atoms with Gasteiger partial charge in [-0.2, -0.15) is 5.10 Å². The molecule has 3 heteroatoms. The molecule has 0 bridgehead atoms. The zero-order valence-corrected chi connectivity index (χ0v) is 11.6. The molecule has 1 aliphatic carbocycles. The van der Waals surface area contributed by atoms with Crippen LogP contribution in [0.25, 0.3) is 0 Å². The maximum atomic E-state index is 12.2. The molecule has 0 aromatic carbocycles. The van der Waals surface area contributed by atoms with Crippen molar-refractivity contribution in [2.45, 2.75) is 51.9 Å². The SMILES string of the molecule is CCCC1CCC(C(=O)Cc2cnn(C)c2)CC1. The van der Waals surface area contributed by atoms with Gasteiger partial charge in [-0.25, -0.2) is 0 Å². The molecule has 0 aliphatic heterocycles. The number of ketones is 1. The van der Waals surface area contributed by atoms with E-state index in [1.165, 1.54) is 25.7 Å². The van der Waals surface area contributed by atoms with Crippen LogP contribution in [-0.2, 0) is 18.3 Å². The lowest BCUT2D eigenvalue weighted by Crippen LogP contribution is -2.23. The standard InChI is InChI=1S/C15H24N2O/c1-3-4-12-5-7-14(8-6-12)15(18)9-13-10-16-17(2)11-13/h10-12,14H,3-9H2,1-2H3. The van der Waals surface area contributed by atoms with Gasteiger partial charge in [-0.15, -0.1) is 0 Å². The maximum absolute atomic E-state index is 12.2. The molecule has 1 aromatic rings. The van der Waals surface area contributed by atoms with Crippen molar-refractivity contribution in [3.05, 3.63) is 18.0 Å². The van der Waals surface area contributed by atoms with Crippen molar-refractivity contribution in [2.75, 3.05) is 0 Å². The fraction of sp³-hybridized carbons (Fsp3) is 0.733. The van der Waals surface area contributed by atoms with Crippen LogP contribution in [0.2, 0.25) is 0 Å². The van der Waals surface area contributed by atoms with Crippen molar-refractivity contribution in [3.63, 3.8) is 0 Å². The quantitative estimate of drug-likeness (QED) is 0.802. The Balaban J connectivity index is 1.80. The molecule has 0 spiro atoms. The van der Waals surface area contributed by atoms with E-state index >= 15 is 0 Å². The Morgan fingerprint density at radius 3 is 2.67 bits per heavy atom. The Morgan fingerprint density at radius 2 is 2.11 bits per heavy atom. The van der Waals surface area contributed by atoms with E-state index < -0.39 is 0 Å². The van der Waals surface area contributed by atoms with Crippen LogP contribution in [0, 0.1) is 11.8 Å². The molecular formula is C15H24N2O. The molecule has 1 saturated carbocycles. The zero-order valence-electron chi connectivity index (χ0n) is 11.6. The first-order chi connectivity index (χ1) is 8.69. The van der Waals surface area contributed by atoms with E-state index in [0.29, 0.717) is 18.1 Å². The van der Waals surface area contributed by atoms with Crippen LogP contribution in [0.5, 0.6) is 0 Å². The summed E-state index contributed by atoms with van der Waals surface area (Å²) in [5.41, 5.74) is 1.05. The van der Waals surface area contributed by atoms with Gasteiger partial charge < -0.3 is 0 Å². The number of hydrogen-bond donors (Lipinski definition) is 0. The van der Waals surface area contributed by atoms with Crippen LogP contribution in [0.4, 0.5) is 0 Å². The summed E-state index contributed by atoms with van der Waals surface area (Å²) in [6, 6.07) is 0. The van der Waals surface area contributed by atoms with Gasteiger partial charge in [-0.05, 0) is 37.2 Å². The third-order valence-electron chi connectivity index (χ3n) is 4.14. The highest BCUT2D eigenvalue weighted by atomic mass is 16.1. The van der Waals surface area contributed by atoms with Gasteiger partial charge in [0.25, 0.3) is 0 Å². The van der Waals surface area contributed by atoms with Gasteiger partial charge in [0.2, 0.25) is 0 Å². The van der Waals surface area contributed by atoms with E-state index in [1.807, 2.05) is 13.2 Å². The molecule has 18 heavy (non-hydrogen) atoms. The molecule has 0 atom stereocenters. The van der Waals surface area contributed by atoms with Gasteiger partial charge >= 0.3 is 0 Å². The van der Waals surface area contributed by atoms with Gasteiger partial charge in [0.05, 0.1) is 6.20 Å². The monoisotopic (exact) mass is 248 g/mol. The molecule has 1 heterocycles. The number of carbonyl (C=O) groups excluding carboxylic acids is 1. The number of Topliss-reactive ketones (excluding diaryl/α,β-unsaturated/α-hetero) is 1. The summed E-state index contributed by atoms with van der Waals surface area (Å²) in [7, 11) is 1.89. The lowest BCUT2D eigenvalue weighted by molar-refractivity contribution is -0.123. The Bertz CT molecular complexity index is 389. The lowest BCUT2D eigenvalue weighted by Gasteiger charge is -2.27. The Morgan fingerprint density at radius 1 is 1.39 bits per heavy atom. The number of hydrogen-bond acceptors (Lipinski definition) is 2.